The van der Waals surface area contributed by atoms with E-state index < -0.39 is 0 Å². The molecule has 2 aromatic heterocycles. The second kappa shape index (κ2) is 3.41. The van der Waals surface area contributed by atoms with Gasteiger partial charge in [-0.25, -0.2) is 0 Å². The van der Waals surface area contributed by atoms with Gasteiger partial charge in [0.25, 0.3) is 0 Å². The summed E-state index contributed by atoms with van der Waals surface area (Å²) in [6.45, 7) is 4.44. The van der Waals surface area contributed by atoms with Crippen LogP contribution in [-0.2, 0) is 12.8 Å². The first-order chi connectivity index (χ1) is 6.36. The lowest BCUT2D eigenvalue weighted by Gasteiger charge is -2.01. The molecule has 0 aliphatic heterocycles. The van der Waals surface area contributed by atoms with Crippen LogP contribution in [-0.4, -0.2) is 0 Å². The Morgan fingerprint density at radius 1 is 0.923 bits per heavy atom. The highest BCUT2D eigenvalue weighted by Gasteiger charge is 2.14. The molecule has 2 aromatic rings. The molecule has 0 unspecified atom stereocenters. The number of hydrogen-bond acceptors (Lipinski definition) is 1. The van der Waals surface area contributed by atoms with Crippen LogP contribution in [0.25, 0.3) is 11.2 Å². The van der Waals surface area contributed by atoms with E-state index in [9.17, 15) is 0 Å². The number of fused-ring (bicyclic) bond motifs is 2. The van der Waals surface area contributed by atoms with Crippen molar-refractivity contribution in [3.8, 4) is 0 Å². The first-order valence-corrected chi connectivity index (χ1v) is 5.19. The van der Waals surface area contributed by atoms with Crippen molar-refractivity contribution in [1.29, 1.82) is 0 Å². The van der Waals surface area contributed by atoms with Crippen molar-refractivity contribution in [2.45, 2.75) is 39.5 Å². The average Bonchev–Trinajstić information content (AvgIpc) is 2.69. The van der Waals surface area contributed by atoms with Gasteiger partial charge in [0.15, 0.2) is 0 Å². The largest absolute Gasteiger partial charge is 0.457 e. The van der Waals surface area contributed by atoms with Gasteiger partial charge in [-0.2, -0.15) is 0 Å². The maximum absolute atomic E-state index is 5.65. The highest BCUT2D eigenvalue weighted by Crippen LogP contribution is 2.30. The standard InChI is InChI=1S/C12H16O/c1-3-5-9-10(6-4-2)12-8-7-11(9)13-12/h7-8H,3-6H2,1-2H3. The van der Waals surface area contributed by atoms with Gasteiger partial charge in [0.2, 0.25) is 0 Å². The summed E-state index contributed by atoms with van der Waals surface area (Å²) >= 11 is 0. The molecule has 0 aromatic carbocycles. The van der Waals surface area contributed by atoms with E-state index in [0.717, 1.165) is 11.2 Å². The van der Waals surface area contributed by atoms with E-state index in [4.69, 9.17) is 4.42 Å². The van der Waals surface area contributed by atoms with Crippen LogP contribution < -0.4 is 0 Å². The SMILES string of the molecule is CCCc1c(CCC)c2ccc1o2. The summed E-state index contributed by atoms with van der Waals surface area (Å²) in [5, 5.41) is 0. The second-order valence-corrected chi connectivity index (χ2v) is 3.62. The fourth-order valence-corrected chi connectivity index (χ4v) is 2.01. The minimum atomic E-state index is 1.11. The van der Waals surface area contributed by atoms with E-state index in [1.165, 1.54) is 36.8 Å². The van der Waals surface area contributed by atoms with Crippen LogP contribution in [0, 0.1) is 0 Å². The predicted molar refractivity (Wildman–Crippen MR) is 55.4 cm³/mol. The van der Waals surface area contributed by atoms with Gasteiger partial charge in [-0.3, -0.25) is 0 Å². The minimum absolute atomic E-state index is 1.11. The van der Waals surface area contributed by atoms with Crippen molar-refractivity contribution in [2.75, 3.05) is 0 Å². The summed E-state index contributed by atoms with van der Waals surface area (Å²) in [5.74, 6) is 0. The zero-order valence-corrected chi connectivity index (χ0v) is 8.39. The molecule has 0 amide bonds. The average molecular weight is 176 g/mol. The molecule has 0 spiro atoms. The highest BCUT2D eigenvalue weighted by atomic mass is 16.3. The van der Waals surface area contributed by atoms with Gasteiger partial charge in [0, 0.05) is 11.1 Å². The normalized spacial score (nSPS) is 11.5. The topological polar surface area (TPSA) is 13.1 Å². The summed E-state index contributed by atoms with van der Waals surface area (Å²) in [4.78, 5) is 0. The Morgan fingerprint density at radius 3 is 1.77 bits per heavy atom. The molecular weight excluding hydrogens is 160 g/mol. The molecule has 70 valence electrons. The summed E-state index contributed by atoms with van der Waals surface area (Å²) in [7, 11) is 0. The number of aryl methyl sites for hydroxylation is 2. The Hall–Kier alpha value is -0.980. The van der Waals surface area contributed by atoms with Crippen molar-refractivity contribution in [2.24, 2.45) is 0 Å². The molecule has 1 heteroatoms. The molecule has 0 fully saturated rings. The van der Waals surface area contributed by atoms with Gasteiger partial charge in [-0.05, 0) is 25.0 Å². The zero-order valence-electron chi connectivity index (χ0n) is 8.39. The highest BCUT2D eigenvalue weighted by molar-refractivity contribution is 5.71. The van der Waals surface area contributed by atoms with E-state index >= 15 is 0 Å². The van der Waals surface area contributed by atoms with Crippen LogP contribution in [0.5, 0.6) is 0 Å². The van der Waals surface area contributed by atoms with Gasteiger partial charge in [-0.1, -0.05) is 26.7 Å². The molecule has 2 bridgehead atoms. The molecule has 0 aliphatic carbocycles. The molecule has 0 radical (unpaired) electrons. The van der Waals surface area contributed by atoms with E-state index in [1.807, 2.05) is 0 Å². The number of furan rings is 2. The molecule has 2 rings (SSSR count). The predicted octanol–water partition coefficient (Wildman–Crippen LogP) is 3.78. The Bertz CT molecular complexity index is 338. The van der Waals surface area contributed by atoms with E-state index in [0.29, 0.717) is 0 Å². The van der Waals surface area contributed by atoms with Gasteiger partial charge in [0.1, 0.15) is 11.2 Å². The van der Waals surface area contributed by atoms with Gasteiger partial charge in [-0.15, -0.1) is 0 Å². The Kier molecular flexibility index (Phi) is 2.26. The summed E-state index contributed by atoms with van der Waals surface area (Å²) in [6.07, 6.45) is 4.74. The quantitative estimate of drug-likeness (QED) is 0.691. The summed E-state index contributed by atoms with van der Waals surface area (Å²) in [5.41, 5.74) is 5.14. The fourth-order valence-electron chi connectivity index (χ4n) is 2.01. The van der Waals surface area contributed by atoms with Crippen molar-refractivity contribution < 1.29 is 4.42 Å². The maximum atomic E-state index is 5.65. The monoisotopic (exact) mass is 176 g/mol. The summed E-state index contributed by atoms with van der Waals surface area (Å²) < 4.78 is 5.65. The third-order valence-corrected chi connectivity index (χ3v) is 2.57. The molecular formula is C12H16O. The molecule has 13 heavy (non-hydrogen) atoms. The van der Waals surface area contributed by atoms with Gasteiger partial charge in [0.05, 0.1) is 0 Å². The lowest BCUT2D eigenvalue weighted by Crippen LogP contribution is -1.90. The number of benzene rings is 1. The van der Waals surface area contributed by atoms with Crippen LogP contribution >= 0.6 is 0 Å². The smallest absolute Gasteiger partial charge is 0.131 e. The van der Waals surface area contributed by atoms with Crippen LogP contribution in [0.1, 0.15) is 37.8 Å². The zero-order chi connectivity index (χ0) is 9.26. The second-order valence-electron chi connectivity index (χ2n) is 3.62. The van der Waals surface area contributed by atoms with Gasteiger partial charge >= 0.3 is 0 Å². The minimum Gasteiger partial charge on any atom is -0.457 e. The Labute approximate surface area is 79.1 Å². The van der Waals surface area contributed by atoms with Crippen molar-refractivity contribution in [3.63, 3.8) is 0 Å². The maximum Gasteiger partial charge on any atom is 0.131 e. The first-order valence-electron chi connectivity index (χ1n) is 5.19. The van der Waals surface area contributed by atoms with E-state index in [-0.39, 0.29) is 0 Å². The molecule has 0 saturated heterocycles. The Morgan fingerprint density at radius 2 is 1.38 bits per heavy atom. The lowest BCUT2D eigenvalue weighted by atomic mass is 10.00. The van der Waals surface area contributed by atoms with Crippen molar-refractivity contribution in [3.05, 3.63) is 23.3 Å². The molecule has 0 saturated carbocycles. The molecule has 0 N–H and O–H groups in total. The van der Waals surface area contributed by atoms with E-state index in [2.05, 4.69) is 26.0 Å². The van der Waals surface area contributed by atoms with E-state index in [1.54, 1.807) is 0 Å². The van der Waals surface area contributed by atoms with Crippen LogP contribution in [0.3, 0.4) is 0 Å². The van der Waals surface area contributed by atoms with Crippen LogP contribution in [0.2, 0.25) is 0 Å². The Balaban J connectivity index is 2.40. The molecule has 1 nitrogen and oxygen atoms in total. The molecule has 2 heterocycles. The van der Waals surface area contributed by atoms with Crippen molar-refractivity contribution in [1.82, 2.24) is 0 Å². The fraction of sp³-hybridized carbons (Fsp3) is 0.500. The lowest BCUT2D eigenvalue weighted by molar-refractivity contribution is 0.669. The van der Waals surface area contributed by atoms with Crippen LogP contribution in [0.4, 0.5) is 0 Å². The molecule has 0 atom stereocenters. The third kappa shape index (κ3) is 1.32. The summed E-state index contributed by atoms with van der Waals surface area (Å²) in [6, 6.07) is 4.19. The third-order valence-electron chi connectivity index (χ3n) is 2.57. The first kappa shape index (κ1) is 8.61. The molecule has 0 aliphatic rings. The van der Waals surface area contributed by atoms with Crippen molar-refractivity contribution >= 4 is 11.2 Å². The number of rotatable bonds is 4. The van der Waals surface area contributed by atoms with Gasteiger partial charge < -0.3 is 4.42 Å². The van der Waals surface area contributed by atoms with Crippen LogP contribution in [0.15, 0.2) is 16.5 Å². The number of hydrogen-bond donors (Lipinski definition) is 0.